The summed E-state index contributed by atoms with van der Waals surface area (Å²) in [5, 5.41) is 10.7. The number of rotatable bonds is 6. The van der Waals surface area contributed by atoms with E-state index >= 15 is 0 Å². The van der Waals surface area contributed by atoms with Crippen LogP contribution in [0.15, 0.2) is 36.8 Å². The Kier molecular flexibility index (Phi) is 4.99. The van der Waals surface area contributed by atoms with Gasteiger partial charge in [-0.05, 0) is 25.1 Å². The highest BCUT2D eigenvalue weighted by molar-refractivity contribution is 8.06. The lowest BCUT2D eigenvalue weighted by molar-refractivity contribution is 0.606. The summed E-state index contributed by atoms with van der Waals surface area (Å²) in [7, 11) is -3.47. The lowest BCUT2D eigenvalue weighted by atomic mass is 10.1. The Hall–Kier alpha value is -2.81. The van der Waals surface area contributed by atoms with Gasteiger partial charge >= 0.3 is 0 Å². The number of H-pyrrole nitrogens is 1. The van der Waals surface area contributed by atoms with E-state index in [-0.39, 0.29) is 23.3 Å². The number of hydrogen-bond donors (Lipinski definition) is 3. The molecule has 3 aromatic rings. The smallest absolute Gasteiger partial charge is 0.190 e. The molecule has 0 fully saturated rings. The Bertz CT molecular complexity index is 1040. The molecule has 136 valence electrons. The monoisotopic (exact) mass is 372 g/mol. The SMILES string of the molecule is CCS(=O)(=O)C(=N)C[C@@H](C)Nc1ncccc1-c1cnc2[nH]ccc2n1. The van der Waals surface area contributed by atoms with Gasteiger partial charge in [0.05, 0.1) is 17.6 Å². The molecule has 1 atom stereocenters. The predicted octanol–water partition coefficient (Wildman–Crippen LogP) is 2.62. The molecule has 0 saturated carbocycles. The van der Waals surface area contributed by atoms with Crippen LogP contribution in [-0.4, -0.2) is 45.2 Å². The Morgan fingerprint density at radius 2 is 2.15 bits per heavy atom. The third-order valence-electron chi connectivity index (χ3n) is 3.97. The van der Waals surface area contributed by atoms with Crippen molar-refractivity contribution in [1.29, 1.82) is 5.41 Å². The summed E-state index contributed by atoms with van der Waals surface area (Å²) in [4.78, 5) is 16.3. The van der Waals surface area contributed by atoms with Gasteiger partial charge in [-0.2, -0.15) is 0 Å². The fourth-order valence-electron chi connectivity index (χ4n) is 2.55. The van der Waals surface area contributed by atoms with E-state index in [4.69, 9.17) is 5.41 Å². The second-order valence-corrected chi connectivity index (χ2v) is 8.24. The maximum Gasteiger partial charge on any atom is 0.190 e. The van der Waals surface area contributed by atoms with E-state index in [9.17, 15) is 8.42 Å². The molecule has 0 aromatic carbocycles. The molecule has 3 aromatic heterocycles. The summed E-state index contributed by atoms with van der Waals surface area (Å²) >= 11 is 0. The topological polar surface area (TPSA) is 124 Å². The Labute approximate surface area is 151 Å². The van der Waals surface area contributed by atoms with Crippen molar-refractivity contribution in [1.82, 2.24) is 19.9 Å². The van der Waals surface area contributed by atoms with Gasteiger partial charge in [0.15, 0.2) is 15.5 Å². The molecule has 0 amide bonds. The van der Waals surface area contributed by atoms with Gasteiger partial charge in [-0.15, -0.1) is 0 Å². The molecule has 0 spiro atoms. The largest absolute Gasteiger partial charge is 0.367 e. The second-order valence-electron chi connectivity index (χ2n) is 5.94. The summed E-state index contributed by atoms with van der Waals surface area (Å²) in [5.74, 6) is 0.505. The Balaban J connectivity index is 1.84. The number of aromatic amines is 1. The molecule has 3 heterocycles. The van der Waals surface area contributed by atoms with Crippen molar-refractivity contribution in [3.63, 3.8) is 0 Å². The summed E-state index contributed by atoms with van der Waals surface area (Å²) in [6.45, 7) is 3.36. The van der Waals surface area contributed by atoms with Crippen molar-refractivity contribution in [3.05, 3.63) is 36.8 Å². The van der Waals surface area contributed by atoms with Crippen LogP contribution in [0.4, 0.5) is 5.82 Å². The van der Waals surface area contributed by atoms with E-state index in [2.05, 4.69) is 25.3 Å². The number of nitrogens with one attached hydrogen (secondary N) is 3. The first kappa shape index (κ1) is 18.0. The molecule has 0 unspecified atom stereocenters. The summed E-state index contributed by atoms with van der Waals surface area (Å²) in [5.41, 5.74) is 2.89. The lowest BCUT2D eigenvalue weighted by Gasteiger charge is -2.17. The molecule has 0 aliphatic heterocycles. The van der Waals surface area contributed by atoms with Crippen molar-refractivity contribution < 1.29 is 8.42 Å². The van der Waals surface area contributed by atoms with Gasteiger partial charge in [0.1, 0.15) is 16.4 Å². The van der Waals surface area contributed by atoms with Crippen LogP contribution in [0.5, 0.6) is 0 Å². The van der Waals surface area contributed by atoms with Crippen LogP contribution in [-0.2, 0) is 9.84 Å². The van der Waals surface area contributed by atoms with Gasteiger partial charge in [-0.1, -0.05) is 6.92 Å². The number of pyridine rings is 1. The number of hydrogen-bond acceptors (Lipinski definition) is 7. The Morgan fingerprint density at radius 1 is 1.35 bits per heavy atom. The molecule has 26 heavy (non-hydrogen) atoms. The highest BCUT2D eigenvalue weighted by Crippen LogP contribution is 2.25. The first-order valence-electron chi connectivity index (χ1n) is 8.23. The van der Waals surface area contributed by atoms with Crippen LogP contribution in [0.1, 0.15) is 20.3 Å². The van der Waals surface area contributed by atoms with Gasteiger partial charge < -0.3 is 10.3 Å². The lowest BCUT2D eigenvalue weighted by Crippen LogP contribution is -2.25. The van der Waals surface area contributed by atoms with Gasteiger partial charge in [0, 0.05) is 30.4 Å². The zero-order valence-corrected chi connectivity index (χ0v) is 15.3. The molecule has 0 radical (unpaired) electrons. The van der Waals surface area contributed by atoms with Crippen LogP contribution in [0.3, 0.4) is 0 Å². The fourth-order valence-corrected chi connectivity index (χ4v) is 3.40. The maximum atomic E-state index is 11.8. The van der Waals surface area contributed by atoms with E-state index in [0.717, 1.165) is 11.1 Å². The normalized spacial score (nSPS) is 12.8. The highest BCUT2D eigenvalue weighted by Gasteiger charge is 2.19. The maximum absolute atomic E-state index is 11.8. The van der Waals surface area contributed by atoms with Crippen molar-refractivity contribution >= 4 is 31.9 Å². The molecule has 9 heteroatoms. The van der Waals surface area contributed by atoms with E-state index in [1.807, 2.05) is 19.1 Å². The van der Waals surface area contributed by atoms with Crippen molar-refractivity contribution in [2.75, 3.05) is 11.1 Å². The minimum atomic E-state index is -3.47. The van der Waals surface area contributed by atoms with E-state index in [1.54, 1.807) is 24.7 Å². The summed E-state index contributed by atoms with van der Waals surface area (Å²) in [6, 6.07) is 5.24. The average Bonchev–Trinajstić information content (AvgIpc) is 3.09. The van der Waals surface area contributed by atoms with Crippen LogP contribution < -0.4 is 5.32 Å². The van der Waals surface area contributed by atoms with Crippen LogP contribution in [0, 0.1) is 5.41 Å². The third-order valence-corrected chi connectivity index (χ3v) is 5.65. The van der Waals surface area contributed by atoms with Crippen molar-refractivity contribution in [2.24, 2.45) is 0 Å². The van der Waals surface area contributed by atoms with Crippen LogP contribution in [0.2, 0.25) is 0 Å². The Morgan fingerprint density at radius 3 is 2.92 bits per heavy atom. The quantitative estimate of drug-likeness (QED) is 0.451. The number of sulfone groups is 1. The molecule has 3 rings (SSSR count). The summed E-state index contributed by atoms with van der Waals surface area (Å²) in [6.07, 6.45) is 5.18. The van der Waals surface area contributed by atoms with Gasteiger partial charge in [-0.25, -0.2) is 23.4 Å². The van der Waals surface area contributed by atoms with E-state index in [1.165, 1.54) is 6.92 Å². The number of nitrogens with zero attached hydrogens (tertiary/aromatic N) is 3. The summed E-state index contributed by atoms with van der Waals surface area (Å²) < 4.78 is 23.6. The number of anilines is 1. The van der Waals surface area contributed by atoms with Gasteiger partial charge in [-0.3, -0.25) is 5.41 Å². The minimum Gasteiger partial charge on any atom is -0.367 e. The molecule has 0 saturated heterocycles. The van der Waals surface area contributed by atoms with Crippen LogP contribution >= 0.6 is 0 Å². The number of aromatic nitrogens is 4. The first-order chi connectivity index (χ1) is 12.4. The molecule has 0 aliphatic carbocycles. The molecular formula is C17H20N6O2S. The minimum absolute atomic E-state index is 0.0698. The zero-order valence-electron chi connectivity index (χ0n) is 14.5. The van der Waals surface area contributed by atoms with Crippen molar-refractivity contribution in [2.45, 2.75) is 26.3 Å². The average molecular weight is 372 g/mol. The standard InChI is InChI=1S/C17H20N6O2S/c1-3-26(24,25)15(18)9-11(2)22-16-12(5-4-7-19-16)14-10-21-17-13(23-14)6-8-20-17/h4-8,10-11,18H,3,9H2,1-2H3,(H,19,22)(H,20,21)/t11-/m1/s1. The first-order valence-corrected chi connectivity index (χ1v) is 9.88. The van der Waals surface area contributed by atoms with E-state index in [0.29, 0.717) is 17.2 Å². The van der Waals surface area contributed by atoms with Gasteiger partial charge in [0.25, 0.3) is 0 Å². The van der Waals surface area contributed by atoms with Gasteiger partial charge in [0.2, 0.25) is 0 Å². The molecule has 3 N–H and O–H groups in total. The molecule has 0 aliphatic rings. The zero-order chi connectivity index (χ0) is 18.7. The fraction of sp³-hybridized carbons (Fsp3) is 0.294. The third kappa shape index (κ3) is 3.72. The molecule has 0 bridgehead atoms. The van der Waals surface area contributed by atoms with E-state index < -0.39 is 9.84 Å². The predicted molar refractivity (Wildman–Crippen MR) is 102 cm³/mol. The highest BCUT2D eigenvalue weighted by atomic mass is 32.2. The number of fused-ring (bicyclic) bond motifs is 1. The van der Waals surface area contributed by atoms with Crippen molar-refractivity contribution in [3.8, 4) is 11.3 Å². The molecular weight excluding hydrogens is 352 g/mol. The molecule has 8 nitrogen and oxygen atoms in total. The second kappa shape index (κ2) is 7.20. The van der Waals surface area contributed by atoms with Crippen LogP contribution in [0.25, 0.3) is 22.4 Å².